The van der Waals surface area contributed by atoms with E-state index in [4.69, 9.17) is 16.3 Å². The number of thioether (sulfide) groups is 1. The molecule has 0 radical (unpaired) electrons. The minimum atomic E-state index is -0.774. The first-order valence-corrected chi connectivity index (χ1v) is 9.03. The van der Waals surface area contributed by atoms with Gasteiger partial charge in [-0.15, -0.1) is 11.8 Å². The van der Waals surface area contributed by atoms with Crippen LogP contribution in [0.4, 0.5) is 0 Å². The lowest BCUT2D eigenvalue weighted by Crippen LogP contribution is -2.29. The molecular formula is C18H18ClNO4S. The van der Waals surface area contributed by atoms with Crippen molar-refractivity contribution >= 4 is 35.2 Å². The number of rotatable bonds is 8. The van der Waals surface area contributed by atoms with Gasteiger partial charge >= 0.3 is 5.97 Å². The molecule has 0 aromatic heterocycles. The molecule has 0 fully saturated rings. The van der Waals surface area contributed by atoms with E-state index in [1.807, 2.05) is 30.3 Å². The number of halogens is 1. The van der Waals surface area contributed by atoms with Gasteiger partial charge in [0.2, 0.25) is 0 Å². The highest BCUT2D eigenvalue weighted by atomic mass is 35.5. The van der Waals surface area contributed by atoms with Crippen molar-refractivity contribution in [1.29, 1.82) is 0 Å². The minimum absolute atomic E-state index is 0.0311. The van der Waals surface area contributed by atoms with E-state index in [0.29, 0.717) is 11.6 Å². The molecule has 25 heavy (non-hydrogen) atoms. The lowest BCUT2D eigenvalue weighted by molar-refractivity contribution is -0.124. The molecule has 2 rings (SSSR count). The van der Waals surface area contributed by atoms with Crippen LogP contribution in [-0.2, 0) is 9.53 Å². The molecule has 0 spiro atoms. The van der Waals surface area contributed by atoms with E-state index >= 15 is 0 Å². The predicted molar refractivity (Wildman–Crippen MR) is 98.2 cm³/mol. The van der Waals surface area contributed by atoms with Gasteiger partial charge in [0.05, 0.1) is 0 Å². The van der Waals surface area contributed by atoms with Crippen LogP contribution in [-0.4, -0.2) is 35.9 Å². The first-order valence-electron chi connectivity index (χ1n) is 7.66. The molecule has 132 valence electrons. The standard InChI is InChI=1S/C18H18ClNO4S/c19-13-7-8-15(16(21)11-13)18(23)24-12-17(22)20-9-4-10-25-14-5-2-1-3-6-14/h1-3,5-8,11,21H,4,9-10,12H2,(H,20,22). The van der Waals surface area contributed by atoms with Gasteiger partial charge in [-0.05, 0) is 42.5 Å². The zero-order valence-corrected chi connectivity index (χ0v) is 15.0. The fraction of sp³-hybridized carbons (Fsp3) is 0.222. The zero-order valence-electron chi connectivity index (χ0n) is 13.4. The summed E-state index contributed by atoms with van der Waals surface area (Å²) >= 11 is 7.41. The summed E-state index contributed by atoms with van der Waals surface area (Å²) in [6, 6.07) is 14.1. The van der Waals surface area contributed by atoms with Gasteiger partial charge in [-0.1, -0.05) is 29.8 Å². The molecule has 0 heterocycles. The molecule has 0 saturated heterocycles. The number of carbonyl (C=O) groups excluding carboxylic acids is 2. The second-order valence-corrected chi connectivity index (χ2v) is 6.71. The Labute approximate surface area is 155 Å². The van der Waals surface area contributed by atoms with Crippen molar-refractivity contribution in [3.63, 3.8) is 0 Å². The Kier molecular flexibility index (Phi) is 7.63. The molecule has 2 N–H and O–H groups in total. The number of phenols is 1. The Bertz CT molecular complexity index is 724. The lowest BCUT2D eigenvalue weighted by atomic mass is 10.2. The zero-order chi connectivity index (χ0) is 18.1. The van der Waals surface area contributed by atoms with Crippen LogP contribution in [0, 0.1) is 0 Å². The number of nitrogens with one attached hydrogen (secondary N) is 1. The van der Waals surface area contributed by atoms with Crippen LogP contribution >= 0.6 is 23.4 Å². The Balaban J connectivity index is 1.62. The van der Waals surface area contributed by atoms with Crippen LogP contribution in [0.3, 0.4) is 0 Å². The Morgan fingerprint density at radius 3 is 2.64 bits per heavy atom. The van der Waals surface area contributed by atoms with Crippen LogP contribution in [0.15, 0.2) is 53.4 Å². The third kappa shape index (κ3) is 6.68. The normalized spacial score (nSPS) is 10.3. The molecule has 0 bridgehead atoms. The highest BCUT2D eigenvalue weighted by Gasteiger charge is 2.14. The maximum atomic E-state index is 11.8. The first-order chi connectivity index (χ1) is 12.1. The third-order valence-electron chi connectivity index (χ3n) is 3.17. The van der Waals surface area contributed by atoms with Crippen LogP contribution in [0.1, 0.15) is 16.8 Å². The minimum Gasteiger partial charge on any atom is -0.507 e. The van der Waals surface area contributed by atoms with Gasteiger partial charge in [-0.25, -0.2) is 4.79 Å². The Morgan fingerprint density at radius 2 is 1.92 bits per heavy atom. The first kappa shape index (κ1) is 19.1. The number of hydrogen-bond donors (Lipinski definition) is 2. The number of amides is 1. The van der Waals surface area contributed by atoms with E-state index in [-0.39, 0.29) is 17.2 Å². The number of aromatic hydroxyl groups is 1. The van der Waals surface area contributed by atoms with Crippen LogP contribution < -0.4 is 5.32 Å². The average Bonchev–Trinajstić information content (AvgIpc) is 2.60. The topological polar surface area (TPSA) is 75.6 Å². The largest absolute Gasteiger partial charge is 0.507 e. The summed E-state index contributed by atoms with van der Waals surface area (Å²) in [5.41, 5.74) is -0.0311. The van der Waals surface area contributed by atoms with E-state index < -0.39 is 12.6 Å². The number of hydrogen-bond acceptors (Lipinski definition) is 5. The van der Waals surface area contributed by atoms with E-state index in [1.54, 1.807) is 11.8 Å². The maximum Gasteiger partial charge on any atom is 0.342 e. The van der Waals surface area contributed by atoms with Gasteiger partial charge in [-0.3, -0.25) is 4.79 Å². The SMILES string of the molecule is O=C(COC(=O)c1ccc(Cl)cc1O)NCCCSc1ccccc1. The third-order valence-corrected chi connectivity index (χ3v) is 4.50. The molecule has 5 nitrogen and oxygen atoms in total. The molecule has 0 atom stereocenters. The quantitative estimate of drug-likeness (QED) is 0.417. The summed E-state index contributed by atoms with van der Waals surface area (Å²) in [6.45, 7) is 0.106. The van der Waals surface area contributed by atoms with E-state index in [1.165, 1.54) is 23.1 Å². The van der Waals surface area contributed by atoms with Gasteiger partial charge in [-0.2, -0.15) is 0 Å². The van der Waals surface area contributed by atoms with E-state index in [0.717, 1.165) is 12.2 Å². The van der Waals surface area contributed by atoms with Crippen molar-refractivity contribution in [3.05, 3.63) is 59.1 Å². The predicted octanol–water partition coefficient (Wildman–Crippen LogP) is 3.50. The van der Waals surface area contributed by atoms with E-state index in [2.05, 4.69) is 5.32 Å². The summed E-state index contributed by atoms with van der Waals surface area (Å²) in [5.74, 6) is -0.561. The van der Waals surface area contributed by atoms with Crippen molar-refractivity contribution in [1.82, 2.24) is 5.32 Å². The van der Waals surface area contributed by atoms with Crippen molar-refractivity contribution in [2.45, 2.75) is 11.3 Å². The summed E-state index contributed by atoms with van der Waals surface area (Å²) in [4.78, 5) is 24.7. The number of carbonyl (C=O) groups is 2. The number of esters is 1. The van der Waals surface area contributed by atoms with Gasteiger partial charge in [0.15, 0.2) is 6.61 Å². The molecule has 1 amide bonds. The summed E-state index contributed by atoms with van der Waals surface area (Å²) in [5, 5.41) is 12.6. The monoisotopic (exact) mass is 379 g/mol. The molecule has 2 aromatic rings. The molecule has 0 unspecified atom stereocenters. The second-order valence-electron chi connectivity index (χ2n) is 5.10. The molecule has 0 aliphatic rings. The smallest absolute Gasteiger partial charge is 0.342 e. The van der Waals surface area contributed by atoms with E-state index in [9.17, 15) is 14.7 Å². The highest BCUT2D eigenvalue weighted by molar-refractivity contribution is 7.99. The lowest BCUT2D eigenvalue weighted by Gasteiger charge is -2.08. The Morgan fingerprint density at radius 1 is 1.16 bits per heavy atom. The molecule has 0 aliphatic heterocycles. The summed E-state index contributed by atoms with van der Waals surface area (Å²) in [7, 11) is 0. The Hall–Kier alpha value is -2.18. The second kappa shape index (κ2) is 9.96. The average molecular weight is 380 g/mol. The van der Waals surface area contributed by atoms with Crippen molar-refractivity contribution < 1.29 is 19.4 Å². The summed E-state index contributed by atoms with van der Waals surface area (Å²) < 4.78 is 4.88. The number of phenolic OH excluding ortho intramolecular Hbond substituents is 1. The fourth-order valence-corrected chi connectivity index (χ4v) is 2.98. The highest BCUT2D eigenvalue weighted by Crippen LogP contribution is 2.22. The van der Waals surface area contributed by atoms with Crippen molar-refractivity contribution in [2.75, 3.05) is 18.9 Å². The van der Waals surface area contributed by atoms with Gasteiger partial charge in [0.1, 0.15) is 11.3 Å². The number of benzene rings is 2. The van der Waals surface area contributed by atoms with Crippen LogP contribution in [0.5, 0.6) is 5.75 Å². The van der Waals surface area contributed by atoms with Gasteiger partial charge in [0.25, 0.3) is 5.91 Å². The maximum absolute atomic E-state index is 11.8. The molecule has 2 aromatic carbocycles. The van der Waals surface area contributed by atoms with Crippen LogP contribution in [0.2, 0.25) is 5.02 Å². The molecule has 7 heteroatoms. The molecule has 0 saturated carbocycles. The van der Waals surface area contributed by atoms with Gasteiger partial charge in [0, 0.05) is 16.5 Å². The summed E-state index contributed by atoms with van der Waals surface area (Å²) in [6.07, 6.45) is 0.803. The fourth-order valence-electron chi connectivity index (χ4n) is 1.94. The van der Waals surface area contributed by atoms with Crippen molar-refractivity contribution in [3.8, 4) is 5.75 Å². The van der Waals surface area contributed by atoms with Crippen LogP contribution in [0.25, 0.3) is 0 Å². The van der Waals surface area contributed by atoms with Crippen molar-refractivity contribution in [2.24, 2.45) is 0 Å². The van der Waals surface area contributed by atoms with Gasteiger partial charge < -0.3 is 15.2 Å². The number of ether oxygens (including phenoxy) is 1. The molecular weight excluding hydrogens is 362 g/mol. The molecule has 0 aliphatic carbocycles.